The number of hydrogen-bond donors (Lipinski definition) is 1. The Morgan fingerprint density at radius 1 is 1.35 bits per heavy atom. The molecule has 3 nitrogen and oxygen atoms in total. The summed E-state index contributed by atoms with van der Waals surface area (Å²) in [5.41, 5.74) is 1.75. The maximum absolute atomic E-state index is 4.77. The van der Waals surface area contributed by atoms with Crippen LogP contribution in [0.1, 0.15) is 46.2 Å². The minimum Gasteiger partial charge on any atom is -0.312 e. The van der Waals surface area contributed by atoms with Crippen molar-refractivity contribution < 1.29 is 0 Å². The summed E-state index contributed by atoms with van der Waals surface area (Å²) in [6, 6.07) is 0. The number of fused-ring (bicyclic) bond motifs is 1. The van der Waals surface area contributed by atoms with E-state index >= 15 is 0 Å². The molecule has 2 aromatic heterocycles. The van der Waals surface area contributed by atoms with E-state index in [1.165, 1.54) is 18.5 Å². The fraction of sp³-hybridized carbons (Fsp3) is 0.688. The van der Waals surface area contributed by atoms with Crippen molar-refractivity contribution in [2.45, 2.75) is 52.5 Å². The molecule has 0 amide bonds. The van der Waals surface area contributed by atoms with Crippen molar-refractivity contribution in [2.24, 2.45) is 11.3 Å². The molecule has 0 radical (unpaired) electrons. The molecule has 1 fully saturated rings. The van der Waals surface area contributed by atoms with Gasteiger partial charge in [0.2, 0.25) is 0 Å². The first kappa shape index (κ1) is 14.1. The lowest BCUT2D eigenvalue weighted by molar-refractivity contribution is 0.226. The van der Waals surface area contributed by atoms with E-state index in [9.17, 15) is 0 Å². The van der Waals surface area contributed by atoms with Gasteiger partial charge in [0.1, 0.15) is 0 Å². The van der Waals surface area contributed by atoms with E-state index in [0.29, 0.717) is 5.41 Å². The standard InChI is InChI=1S/C16H25N3S/c1-15(2,3)17-11-16(4,12-5-6-12)9-13-10-19-7-8-20-14(19)18-13/h7-8,10,12,17H,5-6,9,11H2,1-4H3. The van der Waals surface area contributed by atoms with Gasteiger partial charge in [-0.2, -0.15) is 0 Å². The average molecular weight is 291 g/mol. The van der Waals surface area contributed by atoms with Gasteiger partial charge in [0.15, 0.2) is 4.96 Å². The van der Waals surface area contributed by atoms with Gasteiger partial charge >= 0.3 is 0 Å². The highest BCUT2D eigenvalue weighted by Crippen LogP contribution is 2.47. The Labute approximate surface area is 125 Å². The highest BCUT2D eigenvalue weighted by Gasteiger charge is 2.42. The van der Waals surface area contributed by atoms with E-state index in [1.807, 2.05) is 0 Å². The first-order valence-corrected chi connectivity index (χ1v) is 8.40. The molecule has 0 saturated heterocycles. The highest BCUT2D eigenvalue weighted by molar-refractivity contribution is 7.15. The summed E-state index contributed by atoms with van der Waals surface area (Å²) in [7, 11) is 0. The molecule has 1 saturated carbocycles. The monoisotopic (exact) mass is 291 g/mol. The summed E-state index contributed by atoms with van der Waals surface area (Å²) < 4.78 is 2.14. The second kappa shape index (κ2) is 4.85. The van der Waals surface area contributed by atoms with Gasteiger partial charge in [-0.1, -0.05) is 6.92 Å². The fourth-order valence-corrected chi connectivity index (χ4v) is 3.59. The minimum absolute atomic E-state index is 0.185. The molecule has 1 unspecified atom stereocenters. The number of hydrogen-bond acceptors (Lipinski definition) is 3. The molecule has 2 aromatic rings. The van der Waals surface area contributed by atoms with Gasteiger partial charge in [-0.25, -0.2) is 4.98 Å². The van der Waals surface area contributed by atoms with Crippen molar-refractivity contribution in [2.75, 3.05) is 6.54 Å². The van der Waals surface area contributed by atoms with Crippen LogP contribution in [0.4, 0.5) is 0 Å². The van der Waals surface area contributed by atoms with Crippen LogP contribution in [-0.4, -0.2) is 21.5 Å². The number of imidazole rings is 1. The zero-order valence-corrected chi connectivity index (χ0v) is 13.8. The Balaban J connectivity index is 1.74. The number of rotatable bonds is 5. The molecule has 1 N–H and O–H groups in total. The van der Waals surface area contributed by atoms with E-state index in [0.717, 1.165) is 23.8 Å². The lowest BCUT2D eigenvalue weighted by Crippen LogP contribution is -2.44. The summed E-state index contributed by atoms with van der Waals surface area (Å²) in [6.45, 7) is 10.2. The smallest absolute Gasteiger partial charge is 0.193 e. The van der Waals surface area contributed by atoms with Crippen molar-refractivity contribution in [1.29, 1.82) is 0 Å². The van der Waals surface area contributed by atoms with Gasteiger partial charge < -0.3 is 5.32 Å². The van der Waals surface area contributed by atoms with E-state index in [1.54, 1.807) is 11.3 Å². The van der Waals surface area contributed by atoms with Crippen LogP contribution in [0.2, 0.25) is 0 Å². The molecule has 20 heavy (non-hydrogen) atoms. The SMILES string of the molecule is CC(C)(C)NCC(C)(Cc1cn2ccsc2n1)C1CC1. The largest absolute Gasteiger partial charge is 0.312 e. The predicted octanol–water partition coefficient (Wildman–Crippen LogP) is 3.74. The molecule has 0 spiro atoms. The molecule has 1 aliphatic rings. The van der Waals surface area contributed by atoms with Gasteiger partial charge in [-0.05, 0) is 51.4 Å². The van der Waals surface area contributed by atoms with Gasteiger partial charge in [0.05, 0.1) is 5.69 Å². The van der Waals surface area contributed by atoms with Crippen LogP contribution in [0.3, 0.4) is 0 Å². The molecule has 1 atom stereocenters. The van der Waals surface area contributed by atoms with Crippen molar-refractivity contribution >= 4 is 16.3 Å². The van der Waals surface area contributed by atoms with Crippen molar-refractivity contribution in [3.63, 3.8) is 0 Å². The maximum atomic E-state index is 4.77. The lowest BCUT2D eigenvalue weighted by atomic mass is 9.80. The molecule has 0 bridgehead atoms. The molecule has 0 aromatic carbocycles. The van der Waals surface area contributed by atoms with E-state index in [2.05, 4.69) is 55.2 Å². The molecule has 4 heteroatoms. The minimum atomic E-state index is 0.185. The Hall–Kier alpha value is -0.870. The molecular weight excluding hydrogens is 266 g/mol. The Morgan fingerprint density at radius 2 is 2.10 bits per heavy atom. The third-order valence-electron chi connectivity index (χ3n) is 4.31. The van der Waals surface area contributed by atoms with Crippen LogP contribution < -0.4 is 5.32 Å². The van der Waals surface area contributed by atoms with Gasteiger partial charge in [0, 0.05) is 29.9 Å². The number of thiazole rings is 1. The second-order valence-electron chi connectivity index (χ2n) is 7.53. The first-order chi connectivity index (χ1) is 9.36. The zero-order valence-electron chi connectivity index (χ0n) is 12.9. The number of nitrogens with one attached hydrogen (secondary N) is 1. The lowest BCUT2D eigenvalue weighted by Gasteiger charge is -2.33. The molecule has 110 valence electrons. The molecular formula is C16H25N3S. The Morgan fingerprint density at radius 3 is 2.70 bits per heavy atom. The molecule has 2 heterocycles. The van der Waals surface area contributed by atoms with E-state index in [4.69, 9.17) is 4.98 Å². The molecule has 0 aliphatic heterocycles. The van der Waals surface area contributed by atoms with Crippen LogP contribution >= 0.6 is 11.3 Å². The zero-order chi connectivity index (χ0) is 14.4. The van der Waals surface area contributed by atoms with Crippen LogP contribution in [-0.2, 0) is 6.42 Å². The number of nitrogens with zero attached hydrogens (tertiary/aromatic N) is 2. The summed E-state index contributed by atoms with van der Waals surface area (Å²) in [5, 5.41) is 5.79. The van der Waals surface area contributed by atoms with Gasteiger partial charge in [0.25, 0.3) is 0 Å². The van der Waals surface area contributed by atoms with Crippen LogP contribution in [0.15, 0.2) is 17.8 Å². The van der Waals surface area contributed by atoms with E-state index < -0.39 is 0 Å². The average Bonchev–Trinajstić information content (AvgIpc) is 3.01. The van der Waals surface area contributed by atoms with Crippen molar-refractivity contribution in [3.8, 4) is 0 Å². The quantitative estimate of drug-likeness (QED) is 0.909. The first-order valence-electron chi connectivity index (χ1n) is 7.52. The van der Waals surface area contributed by atoms with Gasteiger partial charge in [-0.15, -0.1) is 11.3 Å². The number of aromatic nitrogens is 2. The normalized spacial score (nSPS) is 19.4. The third kappa shape index (κ3) is 3.07. The van der Waals surface area contributed by atoms with Crippen molar-refractivity contribution in [1.82, 2.24) is 14.7 Å². The van der Waals surface area contributed by atoms with Crippen LogP contribution in [0.5, 0.6) is 0 Å². The second-order valence-corrected chi connectivity index (χ2v) is 8.41. The topological polar surface area (TPSA) is 29.3 Å². The van der Waals surface area contributed by atoms with Crippen LogP contribution in [0, 0.1) is 11.3 Å². The Bertz CT molecular complexity index is 560. The highest BCUT2D eigenvalue weighted by atomic mass is 32.1. The van der Waals surface area contributed by atoms with Crippen LogP contribution in [0.25, 0.3) is 4.96 Å². The fourth-order valence-electron chi connectivity index (χ4n) is 2.87. The maximum Gasteiger partial charge on any atom is 0.193 e. The summed E-state index contributed by atoms with van der Waals surface area (Å²) in [5.74, 6) is 0.858. The predicted molar refractivity (Wildman–Crippen MR) is 85.4 cm³/mol. The molecule has 1 aliphatic carbocycles. The van der Waals surface area contributed by atoms with Crippen molar-refractivity contribution in [3.05, 3.63) is 23.5 Å². The molecule has 3 rings (SSSR count). The Kier molecular flexibility index (Phi) is 3.41. The summed E-state index contributed by atoms with van der Waals surface area (Å²) >= 11 is 1.71. The van der Waals surface area contributed by atoms with Gasteiger partial charge in [-0.3, -0.25) is 4.40 Å². The van der Waals surface area contributed by atoms with E-state index in [-0.39, 0.29) is 5.54 Å². The summed E-state index contributed by atoms with van der Waals surface area (Å²) in [6.07, 6.45) is 8.13. The third-order valence-corrected chi connectivity index (χ3v) is 5.08. The summed E-state index contributed by atoms with van der Waals surface area (Å²) in [4.78, 5) is 5.88.